The highest BCUT2D eigenvalue weighted by molar-refractivity contribution is 5.47. The molecule has 1 atom stereocenters. The van der Waals surface area contributed by atoms with Gasteiger partial charge in [0.1, 0.15) is 0 Å². The van der Waals surface area contributed by atoms with Crippen LogP contribution in [0.4, 0.5) is 0 Å². The number of aliphatic hydroxyl groups excluding tert-OH is 1. The van der Waals surface area contributed by atoms with E-state index in [1.54, 1.807) is 7.11 Å². The molecule has 4 rings (SSSR count). The molecule has 1 aliphatic rings. The first kappa shape index (κ1) is 22.4. The van der Waals surface area contributed by atoms with Crippen molar-refractivity contribution in [1.82, 2.24) is 14.7 Å². The number of para-hydroxylation sites is 3. The van der Waals surface area contributed by atoms with Gasteiger partial charge < -0.3 is 14.6 Å². The number of hydrogen-bond donors (Lipinski definition) is 1. The Kier molecular flexibility index (Phi) is 6.82. The summed E-state index contributed by atoms with van der Waals surface area (Å²) in [6, 6.07) is 18.2. The summed E-state index contributed by atoms with van der Waals surface area (Å²) in [5.41, 5.74) is 2.89. The van der Waals surface area contributed by atoms with Crippen molar-refractivity contribution in [3.8, 4) is 23.1 Å². The Morgan fingerprint density at radius 3 is 2.34 bits per heavy atom. The predicted octanol–water partition coefficient (Wildman–Crippen LogP) is 4.96. The molecule has 0 bridgehead atoms. The van der Waals surface area contributed by atoms with Crippen molar-refractivity contribution in [2.75, 3.05) is 13.7 Å². The Bertz CT molecular complexity index is 1030. The number of aliphatic hydroxyl groups is 1. The molecule has 1 heterocycles. The van der Waals surface area contributed by atoms with E-state index in [9.17, 15) is 5.11 Å². The zero-order valence-electron chi connectivity index (χ0n) is 19.4. The summed E-state index contributed by atoms with van der Waals surface area (Å²) in [5.74, 6) is 2.22. The van der Waals surface area contributed by atoms with Crippen LogP contribution in [0.2, 0.25) is 0 Å². The average molecular weight is 436 g/mol. The lowest BCUT2D eigenvalue weighted by Gasteiger charge is -2.27. The van der Waals surface area contributed by atoms with Crippen LogP contribution in [-0.2, 0) is 6.54 Å². The molecular weight excluding hydrogens is 402 g/mol. The van der Waals surface area contributed by atoms with Crippen LogP contribution in [-0.4, -0.2) is 45.6 Å². The van der Waals surface area contributed by atoms with Crippen LogP contribution in [0.5, 0.6) is 17.4 Å². The topological polar surface area (TPSA) is 59.8 Å². The van der Waals surface area contributed by atoms with Crippen molar-refractivity contribution >= 4 is 0 Å². The highest BCUT2D eigenvalue weighted by Crippen LogP contribution is 2.37. The highest BCUT2D eigenvalue weighted by atomic mass is 16.5. The Balaban J connectivity index is 1.73. The molecule has 1 aromatic heterocycles. The van der Waals surface area contributed by atoms with Gasteiger partial charge in [0, 0.05) is 19.1 Å². The van der Waals surface area contributed by atoms with Crippen molar-refractivity contribution in [2.45, 2.75) is 52.3 Å². The van der Waals surface area contributed by atoms with Gasteiger partial charge in [-0.1, -0.05) is 44.2 Å². The summed E-state index contributed by atoms with van der Waals surface area (Å²) < 4.78 is 13.9. The Morgan fingerprint density at radius 1 is 1.06 bits per heavy atom. The van der Waals surface area contributed by atoms with E-state index in [0.29, 0.717) is 36.5 Å². The minimum Gasteiger partial charge on any atom is -0.493 e. The van der Waals surface area contributed by atoms with Crippen LogP contribution in [0.1, 0.15) is 37.9 Å². The first-order valence-corrected chi connectivity index (χ1v) is 11.3. The van der Waals surface area contributed by atoms with E-state index in [2.05, 4.69) is 18.7 Å². The molecule has 0 radical (unpaired) electrons. The van der Waals surface area contributed by atoms with Crippen LogP contribution in [0, 0.1) is 12.8 Å². The van der Waals surface area contributed by atoms with Crippen LogP contribution >= 0.6 is 0 Å². The zero-order chi connectivity index (χ0) is 22.7. The van der Waals surface area contributed by atoms with E-state index >= 15 is 0 Å². The van der Waals surface area contributed by atoms with Crippen molar-refractivity contribution in [2.24, 2.45) is 5.92 Å². The fourth-order valence-corrected chi connectivity index (χ4v) is 3.81. The minimum atomic E-state index is -0.362. The third kappa shape index (κ3) is 4.97. The number of benzene rings is 2. The molecule has 6 heteroatoms. The second-order valence-corrected chi connectivity index (χ2v) is 8.84. The Morgan fingerprint density at radius 2 is 1.72 bits per heavy atom. The molecule has 1 fully saturated rings. The number of aromatic nitrogens is 2. The second kappa shape index (κ2) is 9.76. The van der Waals surface area contributed by atoms with E-state index in [-0.39, 0.29) is 12.0 Å². The standard InChI is InChI=1S/C26H33N3O3/c1-18(2)23(30)17-28(20-14-15-20)16-22-19(3)27-29(21-10-6-5-7-11-21)26(22)32-25-13-9-8-12-24(25)31-4/h5-13,18,20,23,30H,14-17H2,1-4H3. The van der Waals surface area contributed by atoms with Gasteiger partial charge in [0.25, 0.3) is 0 Å². The number of rotatable bonds is 10. The van der Waals surface area contributed by atoms with Crippen LogP contribution in [0.3, 0.4) is 0 Å². The van der Waals surface area contributed by atoms with Gasteiger partial charge in [-0.05, 0) is 49.9 Å². The molecule has 1 aliphatic carbocycles. The maximum Gasteiger partial charge on any atom is 0.227 e. The van der Waals surface area contributed by atoms with Gasteiger partial charge in [0.15, 0.2) is 11.5 Å². The number of methoxy groups -OCH3 is 1. The SMILES string of the molecule is COc1ccccc1Oc1c(CN(CC(O)C(C)C)C2CC2)c(C)nn1-c1ccccc1. The average Bonchev–Trinajstić information content (AvgIpc) is 3.60. The molecule has 3 aromatic rings. The third-order valence-electron chi connectivity index (χ3n) is 6.03. The highest BCUT2D eigenvalue weighted by Gasteiger charge is 2.33. The first-order valence-electron chi connectivity index (χ1n) is 11.3. The van der Waals surface area contributed by atoms with Gasteiger partial charge >= 0.3 is 0 Å². The number of ether oxygens (including phenoxy) is 2. The maximum absolute atomic E-state index is 10.6. The lowest BCUT2D eigenvalue weighted by Crippen LogP contribution is -2.36. The first-order chi connectivity index (χ1) is 15.5. The Labute approximate surface area is 190 Å². The van der Waals surface area contributed by atoms with E-state index in [1.165, 1.54) is 12.8 Å². The van der Waals surface area contributed by atoms with E-state index in [4.69, 9.17) is 14.6 Å². The quantitative estimate of drug-likeness (QED) is 0.488. The van der Waals surface area contributed by atoms with Crippen LogP contribution in [0.15, 0.2) is 54.6 Å². The predicted molar refractivity (Wildman–Crippen MR) is 126 cm³/mol. The van der Waals surface area contributed by atoms with Gasteiger partial charge in [-0.25, -0.2) is 4.68 Å². The zero-order valence-corrected chi connectivity index (χ0v) is 19.4. The summed E-state index contributed by atoms with van der Waals surface area (Å²) >= 11 is 0. The molecule has 0 aliphatic heterocycles. The molecule has 6 nitrogen and oxygen atoms in total. The molecule has 1 unspecified atom stereocenters. The normalized spacial score (nSPS) is 14.7. The van der Waals surface area contributed by atoms with Gasteiger partial charge in [-0.2, -0.15) is 5.10 Å². The summed E-state index contributed by atoms with van der Waals surface area (Å²) in [5, 5.41) is 15.4. The fourth-order valence-electron chi connectivity index (χ4n) is 3.81. The van der Waals surface area contributed by atoms with Crippen molar-refractivity contribution in [3.05, 3.63) is 65.9 Å². The second-order valence-electron chi connectivity index (χ2n) is 8.84. The molecule has 0 spiro atoms. The fraction of sp³-hybridized carbons (Fsp3) is 0.423. The van der Waals surface area contributed by atoms with Gasteiger partial charge in [0.2, 0.25) is 5.88 Å². The Hall–Kier alpha value is -2.83. The molecule has 170 valence electrons. The molecule has 0 amide bonds. The number of nitrogens with zero attached hydrogens (tertiary/aromatic N) is 3. The summed E-state index contributed by atoms with van der Waals surface area (Å²) in [7, 11) is 1.64. The van der Waals surface area contributed by atoms with Crippen LogP contribution in [0.25, 0.3) is 5.69 Å². The minimum absolute atomic E-state index is 0.216. The van der Waals surface area contributed by atoms with Crippen molar-refractivity contribution in [3.63, 3.8) is 0 Å². The monoisotopic (exact) mass is 435 g/mol. The van der Waals surface area contributed by atoms with Gasteiger partial charge in [0.05, 0.1) is 30.2 Å². The molecule has 32 heavy (non-hydrogen) atoms. The van der Waals surface area contributed by atoms with Gasteiger partial charge in [-0.15, -0.1) is 0 Å². The van der Waals surface area contributed by atoms with Crippen LogP contribution < -0.4 is 9.47 Å². The molecule has 1 saturated carbocycles. The number of aryl methyl sites for hydroxylation is 1. The lowest BCUT2D eigenvalue weighted by atomic mass is 10.1. The molecule has 0 saturated heterocycles. The lowest BCUT2D eigenvalue weighted by molar-refractivity contribution is 0.0693. The largest absolute Gasteiger partial charge is 0.493 e. The van der Waals surface area contributed by atoms with Crippen molar-refractivity contribution < 1.29 is 14.6 Å². The van der Waals surface area contributed by atoms with Gasteiger partial charge in [-0.3, -0.25) is 4.90 Å². The van der Waals surface area contributed by atoms with E-state index in [0.717, 1.165) is 16.9 Å². The van der Waals surface area contributed by atoms with E-state index in [1.807, 2.05) is 66.2 Å². The summed E-state index contributed by atoms with van der Waals surface area (Å²) in [6.07, 6.45) is 1.97. The summed E-state index contributed by atoms with van der Waals surface area (Å²) in [6.45, 7) is 7.47. The molecule has 2 aromatic carbocycles. The molecule has 1 N–H and O–H groups in total. The molecular formula is C26H33N3O3. The summed E-state index contributed by atoms with van der Waals surface area (Å²) in [4.78, 5) is 2.37. The van der Waals surface area contributed by atoms with Crippen molar-refractivity contribution in [1.29, 1.82) is 0 Å². The smallest absolute Gasteiger partial charge is 0.227 e. The number of hydrogen-bond acceptors (Lipinski definition) is 5. The maximum atomic E-state index is 10.6. The third-order valence-corrected chi connectivity index (χ3v) is 6.03. The van der Waals surface area contributed by atoms with E-state index < -0.39 is 0 Å².